The van der Waals surface area contributed by atoms with E-state index < -0.39 is 0 Å². The Kier molecular flexibility index (Phi) is 7.55. The second-order valence-electron chi connectivity index (χ2n) is 5.11. The highest BCUT2D eigenvalue weighted by molar-refractivity contribution is 8.23. The molecule has 3 nitrogen and oxygen atoms in total. The number of hydrogen-bond donors (Lipinski definition) is 0. The van der Waals surface area contributed by atoms with Crippen LogP contribution in [0.5, 0.6) is 0 Å². The molecule has 0 bridgehead atoms. The first-order valence-corrected chi connectivity index (χ1v) is 7.34. The number of thiocarbonyl (C=S) groups is 1. The molecule has 0 aromatic rings. The smallest absolute Gasteiger partial charge is 0.237 e. The first-order valence-electron chi connectivity index (χ1n) is 5.95. The van der Waals surface area contributed by atoms with Crippen LogP contribution in [0.15, 0.2) is 11.8 Å². The Morgan fingerprint density at radius 1 is 1.39 bits per heavy atom. The molecule has 0 aromatic carbocycles. The fourth-order valence-corrected chi connectivity index (χ4v) is 2.12. The van der Waals surface area contributed by atoms with E-state index in [0.717, 1.165) is 5.57 Å². The zero-order chi connectivity index (χ0) is 14.3. The Balaban J connectivity index is 4.60. The quantitative estimate of drug-likeness (QED) is 0.740. The maximum Gasteiger partial charge on any atom is 0.237 e. The standard InChI is InChI=1S/C13H23NO2S2/c1-7-16-12(17)18-9-11(15)14(8-10(2)3)13(4,5)6/h8H,7,9H2,1-6H3. The summed E-state index contributed by atoms with van der Waals surface area (Å²) in [4.78, 5) is 13.9. The zero-order valence-electron chi connectivity index (χ0n) is 12.1. The number of allylic oxidation sites excluding steroid dienone is 1. The molecule has 18 heavy (non-hydrogen) atoms. The van der Waals surface area contributed by atoms with Crippen molar-refractivity contribution in [3.05, 3.63) is 11.8 Å². The van der Waals surface area contributed by atoms with Gasteiger partial charge in [-0.3, -0.25) is 4.79 Å². The Labute approximate surface area is 120 Å². The molecule has 0 aliphatic carbocycles. The van der Waals surface area contributed by atoms with Crippen LogP contribution >= 0.6 is 24.0 Å². The van der Waals surface area contributed by atoms with Gasteiger partial charge in [0, 0.05) is 11.7 Å². The van der Waals surface area contributed by atoms with E-state index in [1.165, 1.54) is 11.8 Å². The minimum Gasteiger partial charge on any atom is -0.479 e. The number of rotatable bonds is 4. The molecule has 5 heteroatoms. The number of carbonyl (C=O) groups is 1. The van der Waals surface area contributed by atoms with Crippen LogP contribution in [0.4, 0.5) is 0 Å². The van der Waals surface area contributed by atoms with Crippen LogP contribution in [0.25, 0.3) is 0 Å². The third-order valence-electron chi connectivity index (χ3n) is 1.95. The van der Waals surface area contributed by atoms with Crippen LogP contribution in [-0.4, -0.2) is 33.1 Å². The van der Waals surface area contributed by atoms with Gasteiger partial charge in [0.2, 0.25) is 10.3 Å². The summed E-state index contributed by atoms with van der Waals surface area (Å²) in [6.45, 7) is 12.4. The molecule has 0 spiro atoms. The molecule has 0 aromatic heterocycles. The molecule has 0 unspecified atom stereocenters. The minimum absolute atomic E-state index is 0.0377. The molecule has 0 saturated heterocycles. The molecule has 0 fully saturated rings. The SMILES string of the molecule is CCOC(=S)SCC(=O)N(C=C(C)C)C(C)(C)C. The number of amides is 1. The van der Waals surface area contributed by atoms with Gasteiger partial charge in [-0.2, -0.15) is 0 Å². The van der Waals surface area contributed by atoms with E-state index in [1.54, 1.807) is 4.90 Å². The van der Waals surface area contributed by atoms with Crippen LogP contribution in [0.1, 0.15) is 41.5 Å². The second kappa shape index (κ2) is 7.79. The molecular formula is C13H23NO2S2. The molecule has 0 aliphatic heterocycles. The average molecular weight is 289 g/mol. The van der Waals surface area contributed by atoms with Crippen molar-refractivity contribution in [3.63, 3.8) is 0 Å². The summed E-state index contributed by atoms with van der Waals surface area (Å²) in [6.07, 6.45) is 1.88. The predicted molar refractivity (Wildman–Crippen MR) is 82.7 cm³/mol. The second-order valence-corrected chi connectivity index (χ2v) is 6.69. The predicted octanol–water partition coefficient (Wildman–Crippen LogP) is 3.59. The number of nitrogens with zero attached hydrogens (tertiary/aromatic N) is 1. The molecule has 104 valence electrons. The lowest BCUT2D eigenvalue weighted by Gasteiger charge is -2.33. The Hall–Kier alpha value is -0.550. The van der Waals surface area contributed by atoms with E-state index in [-0.39, 0.29) is 11.4 Å². The van der Waals surface area contributed by atoms with Gasteiger partial charge in [0.15, 0.2) is 0 Å². The largest absolute Gasteiger partial charge is 0.479 e. The Bertz CT molecular complexity index is 328. The maximum atomic E-state index is 12.2. The zero-order valence-corrected chi connectivity index (χ0v) is 13.7. The molecule has 0 heterocycles. The van der Waals surface area contributed by atoms with Crippen LogP contribution in [0.2, 0.25) is 0 Å². The van der Waals surface area contributed by atoms with Gasteiger partial charge in [0.05, 0.1) is 12.4 Å². The fraction of sp³-hybridized carbons (Fsp3) is 0.692. The van der Waals surface area contributed by atoms with Gasteiger partial charge in [0.25, 0.3) is 0 Å². The molecule has 0 saturated carbocycles. The van der Waals surface area contributed by atoms with Crippen LogP contribution < -0.4 is 0 Å². The van der Waals surface area contributed by atoms with Crippen molar-refractivity contribution in [2.75, 3.05) is 12.4 Å². The van der Waals surface area contributed by atoms with Crippen molar-refractivity contribution in [1.82, 2.24) is 4.90 Å². The van der Waals surface area contributed by atoms with Gasteiger partial charge in [-0.15, -0.1) is 0 Å². The summed E-state index contributed by atoms with van der Waals surface area (Å²) in [7, 11) is 0. The van der Waals surface area contributed by atoms with Gasteiger partial charge in [0.1, 0.15) is 0 Å². The van der Waals surface area contributed by atoms with E-state index >= 15 is 0 Å². The topological polar surface area (TPSA) is 29.5 Å². The summed E-state index contributed by atoms with van der Waals surface area (Å²) < 4.78 is 5.57. The highest BCUT2D eigenvalue weighted by atomic mass is 32.2. The Morgan fingerprint density at radius 2 is 1.94 bits per heavy atom. The first kappa shape index (κ1) is 17.4. The van der Waals surface area contributed by atoms with Crippen molar-refractivity contribution < 1.29 is 9.53 Å². The number of hydrogen-bond acceptors (Lipinski definition) is 4. The van der Waals surface area contributed by atoms with Crippen LogP contribution in [0, 0.1) is 0 Å². The van der Waals surface area contributed by atoms with E-state index in [1.807, 2.05) is 47.7 Å². The number of ether oxygens (including phenoxy) is 1. The van der Waals surface area contributed by atoms with Gasteiger partial charge in [-0.1, -0.05) is 17.3 Å². The maximum absolute atomic E-state index is 12.2. The van der Waals surface area contributed by atoms with E-state index in [9.17, 15) is 4.79 Å². The molecule has 0 atom stereocenters. The lowest BCUT2D eigenvalue weighted by Crippen LogP contribution is -2.43. The van der Waals surface area contributed by atoms with Crippen molar-refractivity contribution in [2.24, 2.45) is 0 Å². The summed E-state index contributed by atoms with van der Waals surface area (Å²) in [5, 5.41) is 0. The summed E-state index contributed by atoms with van der Waals surface area (Å²) in [5.74, 6) is 0.343. The average Bonchev–Trinajstić information content (AvgIpc) is 2.21. The van der Waals surface area contributed by atoms with Gasteiger partial charge in [-0.25, -0.2) is 0 Å². The number of thioether (sulfide) groups is 1. The Morgan fingerprint density at radius 3 is 2.33 bits per heavy atom. The van der Waals surface area contributed by atoms with E-state index in [2.05, 4.69) is 0 Å². The van der Waals surface area contributed by atoms with Gasteiger partial charge in [-0.05, 0) is 53.8 Å². The van der Waals surface area contributed by atoms with Gasteiger partial charge >= 0.3 is 0 Å². The van der Waals surface area contributed by atoms with Gasteiger partial charge < -0.3 is 9.64 Å². The van der Waals surface area contributed by atoms with Crippen LogP contribution in [0.3, 0.4) is 0 Å². The number of carbonyl (C=O) groups excluding carboxylic acids is 1. The lowest BCUT2D eigenvalue weighted by molar-refractivity contribution is -0.129. The van der Waals surface area contributed by atoms with E-state index in [0.29, 0.717) is 16.7 Å². The monoisotopic (exact) mass is 289 g/mol. The fourth-order valence-electron chi connectivity index (χ4n) is 1.25. The van der Waals surface area contributed by atoms with Crippen molar-refractivity contribution in [1.29, 1.82) is 0 Å². The van der Waals surface area contributed by atoms with Crippen molar-refractivity contribution in [3.8, 4) is 0 Å². The third kappa shape index (κ3) is 7.01. The summed E-state index contributed by atoms with van der Waals surface area (Å²) in [5.41, 5.74) is 0.859. The molecule has 0 rings (SSSR count). The van der Waals surface area contributed by atoms with Crippen molar-refractivity contribution in [2.45, 2.75) is 47.1 Å². The first-order chi connectivity index (χ1) is 8.18. The van der Waals surface area contributed by atoms with Crippen molar-refractivity contribution >= 4 is 34.3 Å². The normalized spacial score (nSPS) is 10.8. The lowest BCUT2D eigenvalue weighted by atomic mass is 10.1. The molecule has 0 radical (unpaired) electrons. The van der Waals surface area contributed by atoms with E-state index in [4.69, 9.17) is 17.0 Å². The summed E-state index contributed by atoms with van der Waals surface area (Å²) in [6, 6.07) is 0. The molecular weight excluding hydrogens is 266 g/mol. The minimum atomic E-state index is -0.234. The van der Waals surface area contributed by atoms with Crippen LogP contribution in [-0.2, 0) is 9.53 Å². The molecule has 0 aliphatic rings. The third-order valence-corrected chi connectivity index (χ3v) is 3.17. The molecule has 1 amide bonds. The highest BCUT2D eigenvalue weighted by Gasteiger charge is 2.24. The highest BCUT2D eigenvalue weighted by Crippen LogP contribution is 2.18. The molecule has 0 N–H and O–H groups in total. The summed E-state index contributed by atoms with van der Waals surface area (Å²) >= 11 is 6.26.